The Hall–Kier alpha value is -1.48. The van der Waals surface area contributed by atoms with Crippen molar-refractivity contribution in [3.05, 3.63) is 35.9 Å². The quantitative estimate of drug-likeness (QED) is 0.780. The van der Waals surface area contributed by atoms with Gasteiger partial charge in [0.2, 0.25) is 0 Å². The van der Waals surface area contributed by atoms with E-state index in [0.29, 0.717) is 5.69 Å². The van der Waals surface area contributed by atoms with E-state index in [2.05, 4.69) is 11.9 Å². The molecule has 0 saturated carbocycles. The number of hydrogen-bond acceptors (Lipinski definition) is 2. The molecule has 0 aromatic heterocycles. The van der Waals surface area contributed by atoms with E-state index >= 15 is 0 Å². The summed E-state index contributed by atoms with van der Waals surface area (Å²) in [5.41, 5.74) is 0.651. The van der Waals surface area contributed by atoms with E-state index in [1.54, 1.807) is 31.4 Å². The van der Waals surface area contributed by atoms with E-state index < -0.39 is 5.91 Å². The van der Waals surface area contributed by atoms with Gasteiger partial charge in [0, 0.05) is 5.69 Å². The number of benzene rings is 1. The lowest BCUT2D eigenvalue weighted by Crippen LogP contribution is -2.10. The molecule has 0 aliphatic heterocycles. The fourth-order valence-corrected chi connectivity index (χ4v) is 0.921. The highest BCUT2D eigenvalue weighted by atomic mass is 35.5. The number of hydrogen-bond donors (Lipinski definition) is 1. The maximum atomic E-state index is 11.1. The smallest absolute Gasteiger partial charge is 0.266 e. The van der Waals surface area contributed by atoms with Gasteiger partial charge in [-0.25, -0.2) is 0 Å². The Labute approximate surface area is 87.3 Å². The van der Waals surface area contributed by atoms with Gasteiger partial charge in [0.05, 0.1) is 12.1 Å². The molecule has 14 heavy (non-hydrogen) atoms. The molecule has 0 atom stereocenters. The first-order valence-corrected chi connectivity index (χ1v) is 4.31. The van der Waals surface area contributed by atoms with Gasteiger partial charge in [-0.15, -0.1) is 0 Å². The summed E-state index contributed by atoms with van der Waals surface area (Å²) in [7, 11) is 1.58. The Kier molecular flexibility index (Phi) is 3.54. The Morgan fingerprint density at radius 2 is 2.00 bits per heavy atom. The number of methoxy groups -OCH3 is 1. The second-order valence-electron chi connectivity index (χ2n) is 2.59. The summed E-state index contributed by atoms with van der Waals surface area (Å²) >= 11 is 5.41. The molecular formula is C10H10ClNO2. The van der Waals surface area contributed by atoms with E-state index in [-0.39, 0.29) is 5.03 Å². The van der Waals surface area contributed by atoms with E-state index in [4.69, 9.17) is 16.3 Å². The number of nitrogens with one attached hydrogen (secondary N) is 1. The number of carbonyl (C=O) groups is 1. The maximum absolute atomic E-state index is 11.1. The largest absolute Gasteiger partial charge is 0.497 e. The molecule has 0 heterocycles. The van der Waals surface area contributed by atoms with Crippen LogP contribution in [0.3, 0.4) is 0 Å². The van der Waals surface area contributed by atoms with Crippen molar-refractivity contribution in [2.75, 3.05) is 12.4 Å². The minimum atomic E-state index is -0.406. The molecule has 1 amide bonds. The van der Waals surface area contributed by atoms with Crippen LogP contribution in [0.25, 0.3) is 0 Å². The number of carbonyl (C=O) groups excluding carboxylic acids is 1. The molecule has 4 heteroatoms. The Morgan fingerprint density at radius 1 is 1.43 bits per heavy atom. The van der Waals surface area contributed by atoms with Gasteiger partial charge >= 0.3 is 0 Å². The fraction of sp³-hybridized carbons (Fsp3) is 0.100. The first-order chi connectivity index (χ1) is 6.63. The molecule has 0 bridgehead atoms. The summed E-state index contributed by atoms with van der Waals surface area (Å²) in [4.78, 5) is 11.1. The van der Waals surface area contributed by atoms with E-state index in [1.807, 2.05) is 0 Å². The molecule has 0 aliphatic rings. The summed E-state index contributed by atoms with van der Waals surface area (Å²) < 4.78 is 4.97. The average molecular weight is 212 g/mol. The van der Waals surface area contributed by atoms with Gasteiger partial charge in [0.25, 0.3) is 5.91 Å². The van der Waals surface area contributed by atoms with Crippen LogP contribution >= 0.6 is 11.6 Å². The number of ether oxygens (including phenoxy) is 1. The van der Waals surface area contributed by atoms with Crippen LogP contribution in [0.15, 0.2) is 35.9 Å². The Morgan fingerprint density at radius 3 is 2.43 bits per heavy atom. The number of amides is 1. The van der Waals surface area contributed by atoms with Crippen LogP contribution < -0.4 is 10.1 Å². The number of halogens is 1. The molecule has 0 aliphatic carbocycles. The van der Waals surface area contributed by atoms with Crippen LogP contribution in [-0.2, 0) is 4.79 Å². The van der Waals surface area contributed by atoms with Crippen molar-refractivity contribution in [3.63, 3.8) is 0 Å². The van der Waals surface area contributed by atoms with Crippen molar-refractivity contribution in [2.24, 2.45) is 0 Å². The van der Waals surface area contributed by atoms with Crippen molar-refractivity contribution in [2.45, 2.75) is 0 Å². The fourth-order valence-electron chi connectivity index (χ4n) is 0.873. The van der Waals surface area contributed by atoms with E-state index in [0.717, 1.165) is 5.75 Å². The van der Waals surface area contributed by atoms with Crippen LogP contribution in [-0.4, -0.2) is 13.0 Å². The van der Waals surface area contributed by atoms with Gasteiger partial charge in [-0.05, 0) is 24.3 Å². The van der Waals surface area contributed by atoms with Crippen LogP contribution in [0.2, 0.25) is 0 Å². The van der Waals surface area contributed by atoms with E-state index in [1.165, 1.54) is 0 Å². The molecular weight excluding hydrogens is 202 g/mol. The second-order valence-corrected chi connectivity index (χ2v) is 3.04. The van der Waals surface area contributed by atoms with Crippen molar-refractivity contribution >= 4 is 23.2 Å². The molecule has 0 spiro atoms. The highest BCUT2D eigenvalue weighted by molar-refractivity contribution is 6.43. The third-order valence-corrected chi connectivity index (χ3v) is 1.77. The van der Waals surface area contributed by atoms with Crippen molar-refractivity contribution in [3.8, 4) is 5.75 Å². The van der Waals surface area contributed by atoms with Crippen molar-refractivity contribution in [1.29, 1.82) is 0 Å². The lowest BCUT2D eigenvalue weighted by molar-refractivity contribution is -0.112. The van der Waals surface area contributed by atoms with E-state index in [9.17, 15) is 4.79 Å². The summed E-state index contributed by atoms with van der Waals surface area (Å²) in [6, 6.07) is 6.92. The normalized spacial score (nSPS) is 9.29. The van der Waals surface area contributed by atoms with Crippen molar-refractivity contribution in [1.82, 2.24) is 0 Å². The molecule has 1 aromatic carbocycles. The molecule has 0 unspecified atom stereocenters. The second kappa shape index (κ2) is 4.67. The average Bonchev–Trinajstić information content (AvgIpc) is 2.19. The summed E-state index contributed by atoms with van der Waals surface area (Å²) in [6.07, 6.45) is 0. The van der Waals surface area contributed by atoms with Crippen LogP contribution in [0.4, 0.5) is 5.69 Å². The highest BCUT2D eigenvalue weighted by Crippen LogP contribution is 2.15. The predicted molar refractivity (Wildman–Crippen MR) is 56.6 cm³/mol. The van der Waals surface area contributed by atoms with Gasteiger partial charge in [0.15, 0.2) is 0 Å². The minimum absolute atomic E-state index is 0.0409. The zero-order chi connectivity index (χ0) is 10.6. The minimum Gasteiger partial charge on any atom is -0.497 e. The van der Waals surface area contributed by atoms with Crippen LogP contribution in [0.5, 0.6) is 5.75 Å². The summed E-state index contributed by atoms with van der Waals surface area (Å²) in [6.45, 7) is 3.31. The maximum Gasteiger partial charge on any atom is 0.266 e. The lowest BCUT2D eigenvalue weighted by Gasteiger charge is -2.04. The Balaban J connectivity index is 2.69. The summed E-state index contributed by atoms with van der Waals surface area (Å²) in [5, 5.41) is 2.53. The van der Waals surface area contributed by atoms with Crippen LogP contribution in [0, 0.1) is 0 Å². The third-order valence-electron chi connectivity index (χ3n) is 1.59. The molecule has 1 N–H and O–H groups in total. The van der Waals surface area contributed by atoms with Gasteiger partial charge in [-0.1, -0.05) is 18.2 Å². The van der Waals surface area contributed by atoms with Gasteiger partial charge in [-0.2, -0.15) is 0 Å². The first-order valence-electron chi connectivity index (χ1n) is 3.93. The summed E-state index contributed by atoms with van der Waals surface area (Å²) in [5.74, 6) is 0.324. The monoisotopic (exact) mass is 211 g/mol. The first kappa shape index (κ1) is 10.6. The van der Waals surface area contributed by atoms with Crippen LogP contribution in [0.1, 0.15) is 0 Å². The lowest BCUT2D eigenvalue weighted by atomic mass is 10.3. The van der Waals surface area contributed by atoms with Gasteiger partial charge in [-0.3, -0.25) is 4.79 Å². The highest BCUT2D eigenvalue weighted by Gasteiger charge is 2.03. The number of rotatable bonds is 3. The molecule has 0 saturated heterocycles. The Bertz CT molecular complexity index is 346. The topological polar surface area (TPSA) is 38.3 Å². The molecule has 0 radical (unpaired) electrons. The number of anilines is 1. The standard InChI is InChI=1S/C10H10ClNO2/c1-7(11)10(13)12-8-3-5-9(14-2)6-4-8/h3-6H,1H2,2H3,(H,12,13). The molecule has 3 nitrogen and oxygen atoms in total. The zero-order valence-electron chi connectivity index (χ0n) is 7.71. The predicted octanol–water partition coefficient (Wildman–Crippen LogP) is 2.39. The van der Waals surface area contributed by atoms with Gasteiger partial charge in [0.1, 0.15) is 5.75 Å². The van der Waals surface area contributed by atoms with Crippen molar-refractivity contribution < 1.29 is 9.53 Å². The third kappa shape index (κ3) is 2.78. The van der Waals surface area contributed by atoms with Gasteiger partial charge < -0.3 is 10.1 Å². The molecule has 1 aromatic rings. The SMILES string of the molecule is C=C(Cl)C(=O)Nc1ccc(OC)cc1. The zero-order valence-corrected chi connectivity index (χ0v) is 8.47. The molecule has 1 rings (SSSR count). The molecule has 74 valence electrons. The molecule has 0 fully saturated rings.